The molecule has 0 spiro atoms. The van der Waals surface area contributed by atoms with Gasteiger partial charge in [0.15, 0.2) is 22.8 Å². The van der Waals surface area contributed by atoms with E-state index in [1.54, 1.807) is 41.5 Å². The molecule has 0 bridgehead atoms. The fourth-order valence-corrected chi connectivity index (χ4v) is 9.15. The highest BCUT2D eigenvalue weighted by Gasteiger charge is 2.53. The standard InChI is InChI=1S/C39H69IN2O13/c1-15-27(43)52-33-25(7)51-28(18-38(33,9)49-14)53-30-22(4)32(54-35-29(44)26(41(11)12)16-21(3)50-35)37(8,47)17-20(2)19-42(13)24(6)31(45)39(10,48)36(40)55-34(46)23(30)5/h15,20-26,28-33,35-36,44-45,47-48H,1,16-19H2,2-14H3/t20-,21-,22+,23-,24-,25+,26+,28?,29-,30+,31-,32-,33+,35?,36+,37-,38+,39+/m1/s1. The molecule has 16 heteroatoms. The summed E-state index contributed by atoms with van der Waals surface area (Å²) in [4.78, 5) is 30.2. The molecule has 3 aliphatic rings. The van der Waals surface area contributed by atoms with Crippen molar-refractivity contribution in [1.29, 1.82) is 0 Å². The van der Waals surface area contributed by atoms with E-state index in [-0.39, 0.29) is 30.9 Å². The Morgan fingerprint density at radius 3 is 2.20 bits per heavy atom. The second-order valence-corrected chi connectivity index (χ2v) is 18.3. The Labute approximate surface area is 341 Å². The maximum absolute atomic E-state index is 14.2. The number of hydrogen-bond acceptors (Lipinski definition) is 15. The summed E-state index contributed by atoms with van der Waals surface area (Å²) in [6, 6.07) is -0.855. The van der Waals surface area contributed by atoms with E-state index in [2.05, 4.69) is 6.58 Å². The largest absolute Gasteiger partial charge is 0.453 e. The molecular formula is C39H69IN2O13. The van der Waals surface area contributed by atoms with Crippen molar-refractivity contribution in [3.05, 3.63) is 12.7 Å². The van der Waals surface area contributed by atoms with Crippen LogP contribution >= 0.6 is 22.6 Å². The molecule has 3 aliphatic heterocycles. The molecular weight excluding hydrogens is 831 g/mol. The number of aliphatic hydroxyl groups excluding tert-OH is 2. The van der Waals surface area contributed by atoms with Gasteiger partial charge in [0.05, 0.1) is 35.9 Å². The van der Waals surface area contributed by atoms with E-state index in [4.69, 9.17) is 33.2 Å². The van der Waals surface area contributed by atoms with Crippen molar-refractivity contribution in [3.8, 4) is 0 Å². The summed E-state index contributed by atoms with van der Waals surface area (Å²) in [5.41, 5.74) is -4.51. The molecule has 55 heavy (non-hydrogen) atoms. The lowest BCUT2D eigenvalue weighted by molar-refractivity contribution is -0.318. The number of halogens is 1. The van der Waals surface area contributed by atoms with Gasteiger partial charge in [-0.1, -0.05) is 20.4 Å². The first-order valence-electron chi connectivity index (χ1n) is 19.3. The highest BCUT2D eigenvalue weighted by Crippen LogP contribution is 2.41. The van der Waals surface area contributed by atoms with Crippen LogP contribution in [0.4, 0.5) is 0 Å². The number of alkyl halides is 1. The maximum atomic E-state index is 14.2. The van der Waals surface area contributed by atoms with Crippen molar-refractivity contribution < 1.29 is 63.2 Å². The van der Waals surface area contributed by atoms with E-state index in [0.717, 1.165) is 6.08 Å². The van der Waals surface area contributed by atoms with Crippen molar-refractivity contribution in [2.45, 2.75) is 170 Å². The Morgan fingerprint density at radius 1 is 1.02 bits per heavy atom. The monoisotopic (exact) mass is 900 g/mol. The normalized spacial score (nSPS) is 47.3. The van der Waals surface area contributed by atoms with Crippen LogP contribution in [0.25, 0.3) is 0 Å². The summed E-state index contributed by atoms with van der Waals surface area (Å²) < 4.78 is 42.3. The first-order valence-corrected chi connectivity index (χ1v) is 20.6. The van der Waals surface area contributed by atoms with Crippen molar-refractivity contribution in [3.63, 3.8) is 0 Å². The number of methoxy groups -OCH3 is 1. The van der Waals surface area contributed by atoms with Crippen LogP contribution < -0.4 is 0 Å². The number of hydrogen-bond donors (Lipinski definition) is 4. The third-order valence-electron chi connectivity index (χ3n) is 12.0. The van der Waals surface area contributed by atoms with Crippen LogP contribution in [-0.2, 0) is 42.7 Å². The zero-order valence-corrected chi connectivity index (χ0v) is 37.2. The molecule has 0 aromatic rings. The predicted octanol–water partition coefficient (Wildman–Crippen LogP) is 2.62. The van der Waals surface area contributed by atoms with Gasteiger partial charge >= 0.3 is 11.9 Å². The molecule has 0 aromatic carbocycles. The van der Waals surface area contributed by atoms with Crippen LogP contribution in [0, 0.1) is 17.8 Å². The summed E-state index contributed by atoms with van der Waals surface area (Å²) in [7, 11) is 7.06. The van der Waals surface area contributed by atoms with Gasteiger partial charge in [-0.05, 0) is 111 Å². The Balaban J connectivity index is 2.16. The van der Waals surface area contributed by atoms with E-state index in [0.29, 0.717) is 13.0 Å². The van der Waals surface area contributed by atoms with Crippen LogP contribution in [0.5, 0.6) is 0 Å². The van der Waals surface area contributed by atoms with E-state index >= 15 is 0 Å². The lowest BCUT2D eigenvalue weighted by atomic mass is 9.77. The zero-order chi connectivity index (χ0) is 42.0. The van der Waals surface area contributed by atoms with E-state index in [1.165, 1.54) is 14.0 Å². The smallest absolute Gasteiger partial charge is 0.330 e. The number of aliphatic hydroxyl groups is 4. The van der Waals surface area contributed by atoms with Crippen LogP contribution in [0.1, 0.15) is 81.6 Å². The molecule has 18 atom stereocenters. The second-order valence-electron chi connectivity index (χ2n) is 17.2. The number of likely N-dealkylation sites (N-methyl/N-ethyl adjacent to an activating group) is 2. The molecule has 3 fully saturated rings. The maximum Gasteiger partial charge on any atom is 0.330 e. The molecule has 15 nitrogen and oxygen atoms in total. The predicted molar refractivity (Wildman–Crippen MR) is 212 cm³/mol. The lowest BCUT2D eigenvalue weighted by Gasteiger charge is -2.49. The molecule has 3 rings (SSSR count). The van der Waals surface area contributed by atoms with Crippen molar-refractivity contribution >= 4 is 34.5 Å². The molecule has 3 heterocycles. The molecule has 0 saturated carbocycles. The van der Waals surface area contributed by atoms with Gasteiger partial charge in [-0.3, -0.25) is 4.79 Å². The van der Waals surface area contributed by atoms with Crippen molar-refractivity contribution in [1.82, 2.24) is 9.80 Å². The molecule has 4 N–H and O–H groups in total. The van der Waals surface area contributed by atoms with Gasteiger partial charge in [-0.2, -0.15) is 0 Å². The Kier molecular flexibility index (Phi) is 17.0. The molecule has 0 amide bonds. The fraction of sp³-hybridized carbons (Fsp3) is 0.897. The van der Waals surface area contributed by atoms with Crippen molar-refractivity contribution in [2.24, 2.45) is 17.8 Å². The highest BCUT2D eigenvalue weighted by molar-refractivity contribution is 14.1. The van der Waals surface area contributed by atoms with Crippen LogP contribution in [0.15, 0.2) is 12.7 Å². The number of nitrogens with zero attached hydrogens (tertiary/aromatic N) is 2. The summed E-state index contributed by atoms with van der Waals surface area (Å²) >= 11 is 1.82. The summed E-state index contributed by atoms with van der Waals surface area (Å²) in [6.45, 7) is 19.6. The minimum atomic E-state index is -1.85. The minimum Gasteiger partial charge on any atom is -0.453 e. The minimum absolute atomic E-state index is 0.0827. The average molecular weight is 901 g/mol. The first kappa shape index (κ1) is 48.3. The lowest BCUT2D eigenvalue weighted by Crippen LogP contribution is -2.61. The highest BCUT2D eigenvalue weighted by atomic mass is 127. The third kappa shape index (κ3) is 11.4. The summed E-state index contributed by atoms with van der Waals surface area (Å²) in [5, 5.41) is 47.1. The summed E-state index contributed by atoms with van der Waals surface area (Å²) in [5.74, 6) is -3.39. The molecule has 0 aliphatic carbocycles. The molecule has 0 radical (unpaired) electrons. The second kappa shape index (κ2) is 19.4. The zero-order valence-electron chi connectivity index (χ0n) is 35.0. The van der Waals surface area contributed by atoms with Gasteiger partial charge in [0.2, 0.25) is 0 Å². The Hall–Kier alpha value is -1.03. The average Bonchev–Trinajstić information content (AvgIpc) is 3.09. The van der Waals surface area contributed by atoms with Crippen LogP contribution in [0.3, 0.4) is 0 Å². The number of esters is 2. The van der Waals surface area contributed by atoms with Gasteiger partial charge in [0.25, 0.3) is 0 Å². The number of rotatable bonds is 8. The van der Waals surface area contributed by atoms with E-state index in [1.807, 2.05) is 67.4 Å². The Morgan fingerprint density at radius 2 is 1.64 bits per heavy atom. The first-order chi connectivity index (χ1) is 25.3. The van der Waals surface area contributed by atoms with Gasteiger partial charge in [-0.15, -0.1) is 0 Å². The third-order valence-corrected chi connectivity index (χ3v) is 13.5. The molecule has 2 unspecified atom stereocenters. The van der Waals surface area contributed by atoms with Crippen LogP contribution in [0.2, 0.25) is 0 Å². The van der Waals surface area contributed by atoms with E-state index < -0.39 is 99.9 Å². The SMILES string of the molecule is C=CC(=O)O[C@H]1[C@H](C)OC(O[C@H]2[C@H](C)[C@@H](OC3O[C@H](C)C[C@H](N(C)C)[C@H]3O)[C@](C)(O)C[C@@H](C)CN(C)[C@H](C)[C@@H](O)[C@](C)(O)[C@@H](I)OC(=O)[C@@H]2C)C[C@]1(C)OC. The number of carbonyl (C=O) groups excluding carboxylic acids is 2. The number of cyclic esters (lactones) is 1. The fourth-order valence-electron chi connectivity index (χ4n) is 8.53. The van der Waals surface area contributed by atoms with Gasteiger partial charge < -0.3 is 63.4 Å². The quantitative estimate of drug-likeness (QED) is 0.121. The Bertz CT molecular complexity index is 1290. The summed E-state index contributed by atoms with van der Waals surface area (Å²) in [6.07, 6.45) is -6.57. The molecule has 320 valence electrons. The molecule has 0 aromatic heterocycles. The van der Waals surface area contributed by atoms with Gasteiger partial charge in [0.1, 0.15) is 23.4 Å². The van der Waals surface area contributed by atoms with Crippen LogP contribution in [-0.4, -0.2) is 165 Å². The number of ether oxygens (including phenoxy) is 7. The molecule has 3 saturated heterocycles. The van der Waals surface area contributed by atoms with Gasteiger partial charge in [0, 0.05) is 44.2 Å². The van der Waals surface area contributed by atoms with E-state index in [9.17, 15) is 30.0 Å². The number of carbonyl (C=O) groups is 2. The van der Waals surface area contributed by atoms with Crippen molar-refractivity contribution in [2.75, 3.05) is 34.8 Å². The topological polar surface area (TPSA) is 186 Å². The van der Waals surface area contributed by atoms with Gasteiger partial charge in [-0.25, -0.2) is 4.79 Å².